The largest absolute Gasteiger partial charge is 0.465 e. The smallest absolute Gasteiger partial charge is 0.318 e. The van der Waals surface area contributed by atoms with Crippen molar-refractivity contribution in [2.24, 2.45) is 5.92 Å². The van der Waals surface area contributed by atoms with Gasteiger partial charge >= 0.3 is 5.97 Å². The van der Waals surface area contributed by atoms with E-state index in [2.05, 4.69) is 5.32 Å². The topological polar surface area (TPSA) is 117 Å². The molecule has 26 heavy (non-hydrogen) atoms. The van der Waals surface area contributed by atoms with Gasteiger partial charge in [-0.05, 0) is 19.1 Å². The van der Waals surface area contributed by atoms with Crippen LogP contribution in [-0.4, -0.2) is 29.2 Å². The minimum Gasteiger partial charge on any atom is -0.465 e. The first-order valence-corrected chi connectivity index (χ1v) is 7.99. The summed E-state index contributed by atoms with van der Waals surface area (Å²) in [5.41, 5.74) is 0.224. The predicted octanol–water partition coefficient (Wildman–Crippen LogP) is 2.73. The zero-order valence-electron chi connectivity index (χ0n) is 14.7. The standard InChI is InChI=1S/C17H20N2O7/c1-4-24-16(21)14(9-13-10-25-17(2,3)26-13)15(20)18-11-5-7-12(8-6-11)19(22)23/h5-8,10,14H,4,9H2,1-3H3,(H,18,20). The molecular weight excluding hydrogens is 344 g/mol. The van der Waals surface area contributed by atoms with Crippen molar-refractivity contribution >= 4 is 23.3 Å². The fourth-order valence-electron chi connectivity index (χ4n) is 2.28. The maximum absolute atomic E-state index is 12.5. The molecule has 2 rings (SSSR count). The number of non-ortho nitro benzene ring substituents is 1. The van der Waals surface area contributed by atoms with Gasteiger partial charge in [0.05, 0.1) is 11.5 Å². The number of hydrogen-bond acceptors (Lipinski definition) is 7. The third-order valence-corrected chi connectivity index (χ3v) is 3.49. The van der Waals surface area contributed by atoms with Crippen LogP contribution in [-0.2, 0) is 23.8 Å². The fraction of sp³-hybridized carbons (Fsp3) is 0.412. The van der Waals surface area contributed by atoms with Crippen LogP contribution in [0.4, 0.5) is 11.4 Å². The van der Waals surface area contributed by atoms with E-state index in [0.29, 0.717) is 11.4 Å². The van der Waals surface area contributed by atoms with E-state index in [1.807, 2.05) is 0 Å². The van der Waals surface area contributed by atoms with Gasteiger partial charge in [0.1, 0.15) is 17.9 Å². The van der Waals surface area contributed by atoms with E-state index in [4.69, 9.17) is 14.2 Å². The maximum atomic E-state index is 12.5. The normalized spacial score (nSPS) is 15.9. The number of amides is 1. The number of carbonyl (C=O) groups excluding carboxylic acids is 2. The molecule has 1 aromatic rings. The second kappa shape index (κ2) is 7.85. The van der Waals surface area contributed by atoms with E-state index in [1.165, 1.54) is 30.5 Å². The first-order chi connectivity index (χ1) is 12.2. The molecule has 9 heteroatoms. The van der Waals surface area contributed by atoms with E-state index in [0.717, 1.165) is 0 Å². The molecule has 0 saturated carbocycles. The van der Waals surface area contributed by atoms with Crippen molar-refractivity contribution in [3.8, 4) is 0 Å². The predicted molar refractivity (Wildman–Crippen MR) is 90.8 cm³/mol. The van der Waals surface area contributed by atoms with Gasteiger partial charge in [-0.3, -0.25) is 19.7 Å². The molecule has 9 nitrogen and oxygen atoms in total. The Bertz CT molecular complexity index is 725. The van der Waals surface area contributed by atoms with Gasteiger partial charge in [-0.1, -0.05) is 0 Å². The van der Waals surface area contributed by atoms with E-state index in [1.54, 1.807) is 20.8 Å². The Morgan fingerprint density at radius 2 is 1.96 bits per heavy atom. The van der Waals surface area contributed by atoms with E-state index in [-0.39, 0.29) is 18.7 Å². The molecule has 0 spiro atoms. The molecule has 1 amide bonds. The lowest BCUT2D eigenvalue weighted by molar-refractivity contribution is -0.384. The van der Waals surface area contributed by atoms with Gasteiger partial charge in [0.15, 0.2) is 0 Å². The SMILES string of the molecule is CCOC(=O)C(CC1=COC(C)(C)O1)C(=O)Nc1ccc([N+](=O)[O-])cc1. The average Bonchev–Trinajstić information content (AvgIpc) is 2.92. The molecular formula is C17H20N2O7. The molecule has 0 fully saturated rings. The highest BCUT2D eigenvalue weighted by Crippen LogP contribution is 2.29. The number of esters is 1. The van der Waals surface area contributed by atoms with Crippen LogP contribution in [0, 0.1) is 16.0 Å². The quantitative estimate of drug-likeness (QED) is 0.342. The summed E-state index contributed by atoms with van der Waals surface area (Å²) in [6.45, 7) is 5.17. The summed E-state index contributed by atoms with van der Waals surface area (Å²) >= 11 is 0. The molecule has 0 bridgehead atoms. The van der Waals surface area contributed by atoms with Crippen molar-refractivity contribution in [3.05, 3.63) is 46.4 Å². The minimum atomic E-state index is -1.14. The van der Waals surface area contributed by atoms with Gasteiger partial charge < -0.3 is 19.5 Å². The van der Waals surface area contributed by atoms with Gasteiger partial charge in [0.25, 0.3) is 5.69 Å². The van der Waals surface area contributed by atoms with Crippen molar-refractivity contribution in [2.45, 2.75) is 33.0 Å². The van der Waals surface area contributed by atoms with Gasteiger partial charge in [-0.25, -0.2) is 0 Å². The number of allylic oxidation sites excluding steroid dienone is 1. The summed E-state index contributed by atoms with van der Waals surface area (Å²) in [4.78, 5) is 34.8. The Morgan fingerprint density at radius 3 is 2.46 bits per heavy atom. The summed E-state index contributed by atoms with van der Waals surface area (Å²) in [6, 6.07) is 5.29. The Labute approximate surface area is 150 Å². The molecule has 1 N–H and O–H groups in total. The lowest BCUT2D eigenvalue weighted by atomic mass is 10.0. The number of benzene rings is 1. The fourth-order valence-corrected chi connectivity index (χ4v) is 2.28. The van der Waals surface area contributed by atoms with Crippen molar-refractivity contribution < 1.29 is 28.7 Å². The van der Waals surface area contributed by atoms with Crippen molar-refractivity contribution in [1.29, 1.82) is 0 Å². The summed E-state index contributed by atoms with van der Waals surface area (Å²) in [5.74, 6) is -2.95. The van der Waals surface area contributed by atoms with Gasteiger partial charge in [0.2, 0.25) is 11.7 Å². The molecule has 140 valence electrons. The van der Waals surface area contributed by atoms with Gasteiger partial charge in [-0.15, -0.1) is 0 Å². The number of rotatable bonds is 7. The van der Waals surface area contributed by atoms with E-state index >= 15 is 0 Å². The monoisotopic (exact) mass is 364 g/mol. The number of nitrogens with one attached hydrogen (secondary N) is 1. The van der Waals surface area contributed by atoms with Crippen LogP contribution in [0.3, 0.4) is 0 Å². The molecule has 0 radical (unpaired) electrons. The van der Waals surface area contributed by atoms with Crippen LogP contribution in [0.1, 0.15) is 27.2 Å². The average molecular weight is 364 g/mol. The molecule has 1 aliphatic heterocycles. The van der Waals surface area contributed by atoms with E-state index in [9.17, 15) is 19.7 Å². The zero-order chi connectivity index (χ0) is 19.3. The second-order valence-electron chi connectivity index (χ2n) is 6.01. The van der Waals surface area contributed by atoms with Crippen molar-refractivity contribution in [1.82, 2.24) is 0 Å². The van der Waals surface area contributed by atoms with Crippen LogP contribution in [0.25, 0.3) is 0 Å². The Morgan fingerprint density at radius 1 is 1.31 bits per heavy atom. The Kier molecular flexibility index (Phi) is 5.81. The molecule has 0 aliphatic carbocycles. The van der Waals surface area contributed by atoms with Gasteiger partial charge in [0, 0.05) is 38.1 Å². The molecule has 1 aromatic carbocycles. The highest BCUT2D eigenvalue weighted by atomic mass is 16.7. The third kappa shape index (κ3) is 4.95. The zero-order valence-corrected chi connectivity index (χ0v) is 14.7. The highest BCUT2D eigenvalue weighted by Gasteiger charge is 2.35. The maximum Gasteiger partial charge on any atom is 0.318 e. The summed E-state index contributed by atoms with van der Waals surface area (Å²) < 4.78 is 15.8. The van der Waals surface area contributed by atoms with Crippen LogP contribution in [0.15, 0.2) is 36.3 Å². The minimum absolute atomic E-state index is 0.0267. The van der Waals surface area contributed by atoms with E-state index < -0.39 is 28.5 Å². The molecule has 1 heterocycles. The third-order valence-electron chi connectivity index (χ3n) is 3.49. The molecule has 1 atom stereocenters. The molecule has 1 aliphatic rings. The Balaban J connectivity index is 2.10. The Hall–Kier alpha value is -3.10. The summed E-state index contributed by atoms with van der Waals surface area (Å²) in [7, 11) is 0. The molecule has 0 saturated heterocycles. The van der Waals surface area contributed by atoms with Gasteiger partial charge in [-0.2, -0.15) is 0 Å². The number of nitro benzene ring substituents is 1. The lowest BCUT2D eigenvalue weighted by Gasteiger charge is -2.20. The highest BCUT2D eigenvalue weighted by molar-refractivity contribution is 6.05. The number of carbonyl (C=O) groups is 2. The van der Waals surface area contributed by atoms with Crippen LogP contribution < -0.4 is 5.32 Å². The number of hydrogen-bond donors (Lipinski definition) is 1. The van der Waals surface area contributed by atoms with Crippen LogP contribution in [0.2, 0.25) is 0 Å². The second-order valence-corrected chi connectivity index (χ2v) is 6.01. The van der Waals surface area contributed by atoms with Crippen LogP contribution in [0.5, 0.6) is 0 Å². The number of nitrogens with zero attached hydrogens (tertiary/aromatic N) is 1. The first-order valence-electron chi connectivity index (χ1n) is 7.99. The molecule has 1 unspecified atom stereocenters. The summed E-state index contributed by atoms with van der Waals surface area (Å²) in [6.07, 6.45) is 1.34. The number of ether oxygens (including phenoxy) is 3. The number of nitro groups is 1. The first kappa shape index (κ1) is 19.2. The molecule has 0 aromatic heterocycles. The van der Waals surface area contributed by atoms with Crippen molar-refractivity contribution in [2.75, 3.05) is 11.9 Å². The summed E-state index contributed by atoms with van der Waals surface area (Å²) in [5, 5.41) is 13.2. The lowest BCUT2D eigenvalue weighted by Crippen LogP contribution is -2.32. The van der Waals surface area contributed by atoms with Crippen LogP contribution >= 0.6 is 0 Å². The number of anilines is 1. The van der Waals surface area contributed by atoms with Crippen molar-refractivity contribution in [3.63, 3.8) is 0 Å².